The van der Waals surface area contributed by atoms with E-state index in [4.69, 9.17) is 10.5 Å². The van der Waals surface area contributed by atoms with E-state index in [-0.39, 0.29) is 24.8 Å². The zero-order valence-electron chi connectivity index (χ0n) is 15.1. The van der Waals surface area contributed by atoms with Crippen LogP contribution in [0.1, 0.15) is 34.6 Å². The van der Waals surface area contributed by atoms with Gasteiger partial charge in [0.2, 0.25) is 5.91 Å². The molecular weight excluding hydrogens is 369 g/mol. The molecule has 6 nitrogen and oxygen atoms in total. The number of benzene rings is 1. The molecule has 3 rings (SSSR count). The van der Waals surface area contributed by atoms with E-state index < -0.39 is 11.3 Å². The molecule has 2 amide bonds. The van der Waals surface area contributed by atoms with Gasteiger partial charge >= 0.3 is 0 Å². The molecule has 1 aliphatic rings. The third kappa shape index (κ3) is 4.63. The summed E-state index contributed by atoms with van der Waals surface area (Å²) in [5.41, 5.74) is 7.28. The Labute approximate surface area is 161 Å². The van der Waals surface area contributed by atoms with Crippen molar-refractivity contribution in [1.29, 1.82) is 0 Å². The molecule has 144 valence electrons. The molecule has 8 heteroatoms. The van der Waals surface area contributed by atoms with Gasteiger partial charge in [0.25, 0.3) is 5.91 Å². The van der Waals surface area contributed by atoms with Crippen LogP contribution >= 0.6 is 11.3 Å². The molecule has 1 atom stereocenters. The molecule has 1 aliphatic heterocycles. The molecule has 0 aliphatic carbocycles. The van der Waals surface area contributed by atoms with E-state index in [2.05, 4.69) is 4.98 Å². The van der Waals surface area contributed by atoms with E-state index in [9.17, 15) is 14.0 Å². The molecule has 1 saturated heterocycles. The van der Waals surface area contributed by atoms with Gasteiger partial charge in [-0.1, -0.05) is 0 Å². The second kappa shape index (κ2) is 8.04. The molecule has 2 heterocycles. The molecule has 1 aromatic heterocycles. The Morgan fingerprint density at radius 1 is 1.37 bits per heavy atom. The highest BCUT2D eigenvalue weighted by Crippen LogP contribution is 2.35. The van der Waals surface area contributed by atoms with Crippen LogP contribution in [0.15, 0.2) is 29.8 Å². The minimum absolute atomic E-state index is 0.0784. The average Bonchev–Trinajstić information content (AvgIpc) is 3.06. The van der Waals surface area contributed by atoms with Crippen molar-refractivity contribution in [3.05, 3.63) is 46.2 Å². The standard InChI is InChI=1S/C19H22FN3O3S/c1-13-17(27-12-22-13)18(25)23-8-2-7-19(10-23,9-16(21)24)11-26-15-5-3-14(20)4-6-15/h3-6,12H,2,7-11H2,1H3,(H2,21,24)/t19-/m1/s1. The van der Waals surface area contributed by atoms with Crippen molar-refractivity contribution in [3.8, 4) is 5.75 Å². The molecule has 2 N–H and O–H groups in total. The molecule has 0 saturated carbocycles. The molecule has 0 spiro atoms. The minimum Gasteiger partial charge on any atom is -0.493 e. The number of thiazole rings is 1. The zero-order valence-corrected chi connectivity index (χ0v) is 15.9. The van der Waals surface area contributed by atoms with Gasteiger partial charge in [-0.15, -0.1) is 11.3 Å². The lowest BCUT2D eigenvalue weighted by atomic mass is 9.77. The number of aryl methyl sites for hydroxylation is 1. The lowest BCUT2D eigenvalue weighted by Crippen LogP contribution is -2.50. The fourth-order valence-electron chi connectivity index (χ4n) is 3.48. The Kier molecular flexibility index (Phi) is 5.74. The van der Waals surface area contributed by atoms with Gasteiger partial charge < -0.3 is 15.4 Å². The zero-order chi connectivity index (χ0) is 19.4. The highest BCUT2D eigenvalue weighted by Gasteiger charge is 2.40. The lowest BCUT2D eigenvalue weighted by Gasteiger charge is -2.42. The van der Waals surface area contributed by atoms with Gasteiger partial charge in [0.15, 0.2) is 0 Å². The molecule has 1 aromatic carbocycles. The Balaban J connectivity index is 1.76. The van der Waals surface area contributed by atoms with Gasteiger partial charge in [-0.25, -0.2) is 9.37 Å². The Hall–Kier alpha value is -2.48. The summed E-state index contributed by atoms with van der Waals surface area (Å²) in [5.74, 6) is -0.336. The third-order valence-corrected chi connectivity index (χ3v) is 5.71. The smallest absolute Gasteiger partial charge is 0.265 e. The molecule has 2 aromatic rings. The maximum absolute atomic E-state index is 13.1. The number of piperidine rings is 1. The second-order valence-electron chi connectivity index (χ2n) is 6.98. The first-order chi connectivity index (χ1) is 12.9. The van der Waals surface area contributed by atoms with E-state index in [0.29, 0.717) is 29.4 Å². The van der Waals surface area contributed by atoms with Crippen molar-refractivity contribution >= 4 is 23.2 Å². The van der Waals surface area contributed by atoms with Crippen LogP contribution in [-0.2, 0) is 4.79 Å². The summed E-state index contributed by atoms with van der Waals surface area (Å²) in [6, 6.07) is 5.72. The normalized spacial score (nSPS) is 19.7. The Bertz CT molecular complexity index is 824. The Morgan fingerprint density at radius 2 is 2.11 bits per heavy atom. The number of ether oxygens (including phenoxy) is 1. The van der Waals surface area contributed by atoms with Gasteiger partial charge in [0.1, 0.15) is 16.4 Å². The highest BCUT2D eigenvalue weighted by molar-refractivity contribution is 7.11. The summed E-state index contributed by atoms with van der Waals surface area (Å²) in [6.45, 7) is 3.04. The average molecular weight is 391 g/mol. The molecule has 0 bridgehead atoms. The van der Waals surface area contributed by atoms with Crippen LogP contribution in [0, 0.1) is 18.2 Å². The number of primary amides is 1. The van der Waals surface area contributed by atoms with Gasteiger partial charge in [-0.05, 0) is 44.0 Å². The first-order valence-corrected chi connectivity index (χ1v) is 9.63. The first-order valence-electron chi connectivity index (χ1n) is 8.75. The van der Waals surface area contributed by atoms with E-state index in [1.165, 1.54) is 23.5 Å². The number of rotatable bonds is 6. The van der Waals surface area contributed by atoms with E-state index in [1.54, 1.807) is 22.5 Å². The fourth-order valence-corrected chi connectivity index (χ4v) is 4.25. The number of hydrogen-bond acceptors (Lipinski definition) is 5. The summed E-state index contributed by atoms with van der Waals surface area (Å²) in [7, 11) is 0. The van der Waals surface area contributed by atoms with Crippen LogP contribution < -0.4 is 10.5 Å². The molecule has 0 unspecified atom stereocenters. The highest BCUT2D eigenvalue weighted by atomic mass is 32.1. The van der Waals surface area contributed by atoms with Gasteiger partial charge in [0, 0.05) is 24.9 Å². The number of aromatic nitrogens is 1. The largest absolute Gasteiger partial charge is 0.493 e. The number of amides is 2. The number of likely N-dealkylation sites (tertiary alicyclic amines) is 1. The second-order valence-corrected chi connectivity index (χ2v) is 7.84. The van der Waals surface area contributed by atoms with Crippen molar-refractivity contribution < 1.29 is 18.7 Å². The summed E-state index contributed by atoms with van der Waals surface area (Å²) >= 11 is 1.32. The van der Waals surface area contributed by atoms with Gasteiger partial charge in [0.05, 0.1) is 17.8 Å². The van der Waals surface area contributed by atoms with E-state index in [0.717, 1.165) is 12.8 Å². The van der Waals surface area contributed by atoms with Gasteiger partial charge in [-0.3, -0.25) is 9.59 Å². The molecular formula is C19H22FN3O3S. The number of halogens is 1. The first kappa shape index (κ1) is 19.3. The van der Waals surface area contributed by atoms with Crippen LogP contribution in [0.25, 0.3) is 0 Å². The Morgan fingerprint density at radius 3 is 2.74 bits per heavy atom. The minimum atomic E-state index is -0.563. The quantitative estimate of drug-likeness (QED) is 0.820. The van der Waals surface area contributed by atoms with Crippen molar-refractivity contribution in [2.45, 2.75) is 26.2 Å². The van der Waals surface area contributed by atoms with Crippen LogP contribution in [0.4, 0.5) is 4.39 Å². The van der Waals surface area contributed by atoms with Crippen molar-refractivity contribution in [1.82, 2.24) is 9.88 Å². The maximum Gasteiger partial charge on any atom is 0.265 e. The number of carbonyl (C=O) groups excluding carboxylic acids is 2. The molecule has 1 fully saturated rings. The van der Waals surface area contributed by atoms with Crippen molar-refractivity contribution in [2.75, 3.05) is 19.7 Å². The van der Waals surface area contributed by atoms with Crippen LogP contribution in [0.5, 0.6) is 5.75 Å². The number of nitrogens with zero attached hydrogens (tertiary/aromatic N) is 2. The SMILES string of the molecule is Cc1ncsc1C(=O)N1CCC[C@@](COc2ccc(F)cc2)(CC(N)=O)C1. The monoisotopic (exact) mass is 391 g/mol. The lowest BCUT2D eigenvalue weighted by molar-refractivity contribution is -0.122. The predicted molar refractivity (Wildman–Crippen MR) is 100 cm³/mol. The number of carbonyl (C=O) groups is 2. The molecule has 27 heavy (non-hydrogen) atoms. The summed E-state index contributed by atoms with van der Waals surface area (Å²) < 4.78 is 18.9. The van der Waals surface area contributed by atoms with Crippen molar-refractivity contribution in [2.24, 2.45) is 11.1 Å². The van der Waals surface area contributed by atoms with Gasteiger partial charge in [-0.2, -0.15) is 0 Å². The summed E-state index contributed by atoms with van der Waals surface area (Å²) in [4.78, 5) is 31.1. The van der Waals surface area contributed by atoms with Crippen LogP contribution in [0.3, 0.4) is 0 Å². The third-order valence-electron chi connectivity index (χ3n) is 4.80. The number of nitrogens with two attached hydrogens (primary N) is 1. The topological polar surface area (TPSA) is 85.5 Å². The number of hydrogen-bond donors (Lipinski definition) is 1. The maximum atomic E-state index is 13.1. The van der Waals surface area contributed by atoms with Crippen molar-refractivity contribution in [3.63, 3.8) is 0 Å². The summed E-state index contributed by atoms with van der Waals surface area (Å²) in [6.07, 6.45) is 1.60. The fraction of sp³-hybridized carbons (Fsp3) is 0.421. The molecule has 0 radical (unpaired) electrons. The van der Waals surface area contributed by atoms with E-state index in [1.807, 2.05) is 6.92 Å². The van der Waals surface area contributed by atoms with Crippen LogP contribution in [0.2, 0.25) is 0 Å². The summed E-state index contributed by atoms with van der Waals surface area (Å²) in [5, 5.41) is 0. The van der Waals surface area contributed by atoms with Crippen LogP contribution in [-0.4, -0.2) is 41.4 Å². The van der Waals surface area contributed by atoms with E-state index >= 15 is 0 Å². The predicted octanol–water partition coefficient (Wildman–Crippen LogP) is 2.77.